The molecule has 1 saturated heterocycles. The lowest BCUT2D eigenvalue weighted by Gasteiger charge is -2.16. The third kappa shape index (κ3) is 3.47. The molecule has 1 aliphatic heterocycles. The second-order valence-electron chi connectivity index (χ2n) is 5.57. The maximum absolute atomic E-state index is 10.7. The van der Waals surface area contributed by atoms with Crippen LogP contribution < -0.4 is 16.0 Å². The van der Waals surface area contributed by atoms with Crippen molar-refractivity contribution in [2.75, 3.05) is 29.0 Å². The van der Waals surface area contributed by atoms with E-state index in [-0.39, 0.29) is 17.5 Å². The molecule has 2 aromatic heterocycles. The minimum absolute atomic E-state index is 0.172. The predicted octanol–water partition coefficient (Wildman–Crippen LogP) is 1.28. The van der Waals surface area contributed by atoms with Crippen molar-refractivity contribution in [1.29, 1.82) is 0 Å². The van der Waals surface area contributed by atoms with Crippen molar-refractivity contribution in [2.24, 2.45) is 0 Å². The number of aryl methyl sites for hydroxylation is 1. The number of hydrogen-bond donors (Lipinski definition) is 2. The Hall–Kier alpha value is -3.04. The molecule has 0 saturated carbocycles. The molecular weight excluding hydrogens is 312 g/mol. The maximum atomic E-state index is 10.7. The molecule has 0 bridgehead atoms. The number of hydrogen-bond acceptors (Lipinski definition) is 9. The van der Waals surface area contributed by atoms with E-state index < -0.39 is 4.92 Å². The SMILES string of the molecule is Cc1cc(CNc2ncc([N+](=O)[O-])c(N)n2)nc(N2CCCC2)n1. The number of nitrogens with one attached hydrogen (secondary N) is 1. The molecule has 10 nitrogen and oxygen atoms in total. The number of nitro groups is 1. The summed E-state index contributed by atoms with van der Waals surface area (Å²) in [5, 5.41) is 13.7. The van der Waals surface area contributed by atoms with E-state index in [2.05, 4.69) is 30.2 Å². The molecule has 1 fully saturated rings. The highest BCUT2D eigenvalue weighted by Crippen LogP contribution is 2.19. The Morgan fingerprint density at radius 2 is 2.08 bits per heavy atom. The molecule has 24 heavy (non-hydrogen) atoms. The molecule has 10 heteroatoms. The third-order valence-corrected chi connectivity index (χ3v) is 3.71. The Morgan fingerprint density at radius 3 is 2.75 bits per heavy atom. The highest BCUT2D eigenvalue weighted by molar-refractivity contribution is 5.53. The Labute approximate surface area is 138 Å². The van der Waals surface area contributed by atoms with Gasteiger partial charge in [0.15, 0.2) is 0 Å². The van der Waals surface area contributed by atoms with Gasteiger partial charge in [-0.05, 0) is 25.8 Å². The van der Waals surface area contributed by atoms with E-state index in [1.165, 1.54) is 0 Å². The molecule has 0 aromatic carbocycles. The first-order chi connectivity index (χ1) is 11.5. The molecule has 3 heterocycles. The molecule has 126 valence electrons. The fourth-order valence-corrected chi connectivity index (χ4v) is 2.55. The summed E-state index contributed by atoms with van der Waals surface area (Å²) < 4.78 is 0. The van der Waals surface area contributed by atoms with Crippen molar-refractivity contribution in [3.8, 4) is 0 Å². The van der Waals surface area contributed by atoms with Gasteiger partial charge in [-0.3, -0.25) is 10.1 Å². The summed E-state index contributed by atoms with van der Waals surface area (Å²) in [4.78, 5) is 29.1. The number of anilines is 3. The monoisotopic (exact) mass is 330 g/mol. The summed E-state index contributed by atoms with van der Waals surface area (Å²) in [7, 11) is 0. The average Bonchev–Trinajstić information content (AvgIpc) is 3.06. The Bertz CT molecular complexity index is 760. The van der Waals surface area contributed by atoms with Crippen molar-refractivity contribution in [3.63, 3.8) is 0 Å². The minimum Gasteiger partial charge on any atom is -0.378 e. The molecule has 1 aliphatic rings. The van der Waals surface area contributed by atoms with Crippen LogP contribution in [0.25, 0.3) is 0 Å². The molecule has 0 amide bonds. The van der Waals surface area contributed by atoms with Crippen LogP contribution in [0.2, 0.25) is 0 Å². The third-order valence-electron chi connectivity index (χ3n) is 3.71. The van der Waals surface area contributed by atoms with Crippen molar-refractivity contribution in [3.05, 3.63) is 33.8 Å². The van der Waals surface area contributed by atoms with Crippen LogP contribution in [-0.4, -0.2) is 37.9 Å². The van der Waals surface area contributed by atoms with E-state index in [1.807, 2.05) is 13.0 Å². The zero-order valence-corrected chi connectivity index (χ0v) is 13.3. The van der Waals surface area contributed by atoms with Crippen LogP contribution in [0.3, 0.4) is 0 Å². The van der Waals surface area contributed by atoms with Crippen LogP contribution in [0.5, 0.6) is 0 Å². The smallest absolute Gasteiger partial charge is 0.329 e. The van der Waals surface area contributed by atoms with Crippen molar-refractivity contribution < 1.29 is 4.92 Å². The second-order valence-corrected chi connectivity index (χ2v) is 5.57. The first-order valence-electron chi connectivity index (χ1n) is 7.63. The largest absolute Gasteiger partial charge is 0.378 e. The summed E-state index contributed by atoms with van der Waals surface area (Å²) >= 11 is 0. The van der Waals surface area contributed by atoms with Crippen molar-refractivity contribution in [1.82, 2.24) is 19.9 Å². The van der Waals surface area contributed by atoms with Crippen LogP contribution >= 0.6 is 0 Å². The number of nitrogens with zero attached hydrogens (tertiary/aromatic N) is 6. The lowest BCUT2D eigenvalue weighted by molar-refractivity contribution is -0.384. The van der Waals surface area contributed by atoms with Gasteiger partial charge in [-0.15, -0.1) is 0 Å². The highest BCUT2D eigenvalue weighted by atomic mass is 16.6. The molecule has 3 rings (SSSR count). The Morgan fingerprint density at radius 1 is 1.33 bits per heavy atom. The van der Waals surface area contributed by atoms with Gasteiger partial charge in [-0.25, -0.2) is 15.0 Å². The number of nitrogen functional groups attached to an aromatic ring is 1. The second kappa shape index (κ2) is 6.60. The van der Waals surface area contributed by atoms with Crippen LogP contribution in [0.4, 0.5) is 23.4 Å². The van der Waals surface area contributed by atoms with Crippen LogP contribution in [-0.2, 0) is 6.54 Å². The van der Waals surface area contributed by atoms with Crippen LogP contribution in [0, 0.1) is 17.0 Å². The first-order valence-corrected chi connectivity index (χ1v) is 7.63. The van der Waals surface area contributed by atoms with Crippen LogP contribution in [0.15, 0.2) is 12.3 Å². The van der Waals surface area contributed by atoms with E-state index in [1.54, 1.807) is 0 Å². The maximum Gasteiger partial charge on any atom is 0.329 e. The zero-order valence-electron chi connectivity index (χ0n) is 13.3. The van der Waals surface area contributed by atoms with Gasteiger partial charge in [0.2, 0.25) is 17.7 Å². The predicted molar refractivity (Wildman–Crippen MR) is 88.6 cm³/mol. The molecule has 2 aromatic rings. The lowest BCUT2D eigenvalue weighted by Crippen LogP contribution is -2.21. The van der Waals surface area contributed by atoms with Gasteiger partial charge < -0.3 is 16.0 Å². The van der Waals surface area contributed by atoms with Gasteiger partial charge in [0.1, 0.15) is 6.20 Å². The molecule has 0 aliphatic carbocycles. The molecule has 0 radical (unpaired) electrons. The zero-order chi connectivity index (χ0) is 17.1. The number of aromatic nitrogens is 4. The van der Waals surface area contributed by atoms with Crippen molar-refractivity contribution >= 4 is 23.4 Å². The topological polar surface area (TPSA) is 136 Å². The molecule has 0 unspecified atom stereocenters. The van der Waals surface area contributed by atoms with Gasteiger partial charge in [0.25, 0.3) is 0 Å². The van der Waals surface area contributed by atoms with Gasteiger partial charge in [0.05, 0.1) is 17.2 Å². The van der Waals surface area contributed by atoms with Gasteiger partial charge >= 0.3 is 5.69 Å². The molecule has 0 spiro atoms. The average molecular weight is 330 g/mol. The fourth-order valence-electron chi connectivity index (χ4n) is 2.55. The fraction of sp³-hybridized carbons (Fsp3) is 0.429. The number of nitrogens with two attached hydrogens (primary N) is 1. The van der Waals surface area contributed by atoms with E-state index in [0.29, 0.717) is 6.54 Å². The summed E-state index contributed by atoms with van der Waals surface area (Å²) in [5.74, 6) is 0.777. The van der Waals surface area contributed by atoms with Gasteiger partial charge in [-0.1, -0.05) is 0 Å². The highest BCUT2D eigenvalue weighted by Gasteiger charge is 2.17. The standard InChI is InChI=1S/C14H18N8O2/c1-9-6-10(19-14(18-9)21-4-2-3-5-21)7-16-13-17-8-11(22(23)24)12(15)20-13/h6,8H,2-5,7H2,1H3,(H3,15,16,17,20). The Kier molecular flexibility index (Phi) is 4.36. The minimum atomic E-state index is -0.616. The summed E-state index contributed by atoms with van der Waals surface area (Å²) in [5.41, 5.74) is 6.93. The van der Waals surface area contributed by atoms with Crippen molar-refractivity contribution in [2.45, 2.75) is 26.3 Å². The molecule has 3 N–H and O–H groups in total. The summed E-state index contributed by atoms with van der Waals surface area (Å²) in [6.07, 6.45) is 3.40. The van der Waals surface area contributed by atoms with E-state index in [9.17, 15) is 10.1 Å². The molecular formula is C14H18N8O2. The van der Waals surface area contributed by atoms with E-state index in [0.717, 1.165) is 49.5 Å². The summed E-state index contributed by atoms with van der Waals surface area (Å²) in [6.45, 7) is 4.24. The normalized spacial score (nSPS) is 14.0. The Balaban J connectivity index is 1.72. The summed E-state index contributed by atoms with van der Waals surface area (Å²) in [6, 6.07) is 1.88. The van der Waals surface area contributed by atoms with Gasteiger partial charge in [0, 0.05) is 18.8 Å². The lowest BCUT2D eigenvalue weighted by atomic mass is 10.3. The first kappa shape index (κ1) is 15.8. The van der Waals surface area contributed by atoms with E-state index >= 15 is 0 Å². The molecule has 0 atom stereocenters. The van der Waals surface area contributed by atoms with Crippen LogP contribution in [0.1, 0.15) is 24.2 Å². The quantitative estimate of drug-likeness (QED) is 0.613. The number of rotatable bonds is 5. The van der Waals surface area contributed by atoms with E-state index in [4.69, 9.17) is 5.73 Å². The van der Waals surface area contributed by atoms with Gasteiger partial charge in [-0.2, -0.15) is 4.98 Å².